The molecule has 0 aliphatic heterocycles. The van der Waals surface area contributed by atoms with Crippen molar-refractivity contribution in [2.24, 2.45) is 0 Å². The minimum absolute atomic E-state index is 0.132. The van der Waals surface area contributed by atoms with Gasteiger partial charge in [-0.3, -0.25) is 10.0 Å². The normalized spacial score (nSPS) is 13.3. The molecule has 0 saturated carbocycles. The number of benzene rings is 4. The maximum Gasteiger partial charge on any atom is 0.261 e. The van der Waals surface area contributed by atoms with Crippen molar-refractivity contribution in [3.63, 3.8) is 0 Å². The number of nitrogens with one attached hydrogen (secondary N) is 2. The zero-order valence-electron chi connectivity index (χ0n) is 20.4. The zero-order valence-corrected chi connectivity index (χ0v) is 21.3. The number of hydrogen-bond acceptors (Lipinski definition) is 6. The molecule has 0 fully saturated rings. The average Bonchev–Trinajstić information content (AvgIpc) is 2.85. The maximum atomic E-state index is 12.9. The van der Waals surface area contributed by atoms with Crippen LogP contribution in [0.15, 0.2) is 83.8 Å². The van der Waals surface area contributed by atoms with Gasteiger partial charge in [0, 0.05) is 16.3 Å². The molecule has 4 aromatic carbocycles. The Morgan fingerprint density at radius 3 is 2.36 bits per heavy atom. The summed E-state index contributed by atoms with van der Waals surface area (Å²) in [5.74, 6) is 0.468. The monoisotopic (exact) mass is 506 g/mol. The summed E-state index contributed by atoms with van der Waals surface area (Å²) in [6.45, 7) is 6.04. The fourth-order valence-electron chi connectivity index (χ4n) is 4.23. The van der Waals surface area contributed by atoms with Gasteiger partial charge < -0.3 is 14.9 Å². The van der Waals surface area contributed by atoms with Crippen molar-refractivity contribution in [2.75, 3.05) is 17.9 Å². The van der Waals surface area contributed by atoms with Crippen molar-refractivity contribution in [3.8, 4) is 11.5 Å². The van der Waals surface area contributed by atoms with Gasteiger partial charge in [-0.2, -0.15) is 0 Å². The molecule has 0 aliphatic carbocycles. The van der Waals surface area contributed by atoms with E-state index in [2.05, 4.69) is 10.0 Å². The number of anilines is 1. The Morgan fingerprint density at radius 1 is 0.917 bits per heavy atom. The Hall–Kier alpha value is -3.59. The summed E-state index contributed by atoms with van der Waals surface area (Å²) in [6.07, 6.45) is 0. The highest BCUT2D eigenvalue weighted by Gasteiger charge is 2.33. The first-order valence-electron chi connectivity index (χ1n) is 11.6. The number of hydrogen-bond donors (Lipinski definition) is 4. The van der Waals surface area contributed by atoms with Gasteiger partial charge in [-0.05, 0) is 50.2 Å². The second-order valence-electron chi connectivity index (χ2n) is 8.73. The Morgan fingerprint density at radius 2 is 1.67 bits per heavy atom. The fourth-order valence-corrected chi connectivity index (χ4v) is 5.33. The van der Waals surface area contributed by atoms with Crippen molar-refractivity contribution in [1.82, 2.24) is 5.32 Å². The van der Waals surface area contributed by atoms with Crippen molar-refractivity contribution in [1.29, 1.82) is 0 Å². The summed E-state index contributed by atoms with van der Waals surface area (Å²) in [7, 11) is -3.82. The largest absolute Gasteiger partial charge is 0.507 e. The quantitative estimate of drug-likeness (QED) is 0.243. The molecule has 1 atom stereocenters. The molecule has 8 heteroatoms. The molecule has 0 spiro atoms. The summed E-state index contributed by atoms with van der Waals surface area (Å²) >= 11 is 0. The van der Waals surface area contributed by atoms with E-state index in [1.165, 1.54) is 12.1 Å². The molecular weight excluding hydrogens is 476 g/mol. The van der Waals surface area contributed by atoms with Gasteiger partial charge in [0.25, 0.3) is 10.0 Å². The summed E-state index contributed by atoms with van der Waals surface area (Å²) in [5.41, 5.74) is 0.894. The Bertz CT molecular complexity index is 1490. The van der Waals surface area contributed by atoms with Gasteiger partial charge in [0.1, 0.15) is 18.1 Å². The summed E-state index contributed by atoms with van der Waals surface area (Å²) < 4.78 is 34.3. The second-order valence-corrected chi connectivity index (χ2v) is 10.4. The smallest absolute Gasteiger partial charge is 0.261 e. The molecule has 0 amide bonds. The molecule has 0 heterocycles. The number of aliphatic hydroxyl groups is 1. The van der Waals surface area contributed by atoms with Crippen LogP contribution in [0.3, 0.4) is 0 Å². The number of ether oxygens (including phenoxy) is 1. The number of likely N-dealkylation sites (N-methyl/N-ethyl adjacent to an activating group) is 1. The molecule has 4 rings (SSSR count). The molecule has 4 aromatic rings. The fraction of sp³-hybridized carbons (Fsp3) is 0.214. The van der Waals surface area contributed by atoms with E-state index in [1.807, 2.05) is 39.0 Å². The number of aryl methyl sites for hydroxylation is 2. The number of fused-ring (bicyclic) bond motifs is 1. The van der Waals surface area contributed by atoms with E-state index in [1.54, 1.807) is 48.5 Å². The van der Waals surface area contributed by atoms with Crippen LogP contribution in [0, 0.1) is 13.8 Å². The lowest BCUT2D eigenvalue weighted by atomic mass is 9.97. The molecule has 0 bridgehead atoms. The maximum absolute atomic E-state index is 12.9. The lowest BCUT2D eigenvalue weighted by molar-refractivity contribution is -0.0401. The predicted molar refractivity (Wildman–Crippen MR) is 142 cm³/mol. The molecule has 0 saturated heterocycles. The Labute approximate surface area is 211 Å². The molecule has 4 N–H and O–H groups in total. The topological polar surface area (TPSA) is 108 Å². The van der Waals surface area contributed by atoms with E-state index in [9.17, 15) is 18.6 Å². The van der Waals surface area contributed by atoms with Crippen molar-refractivity contribution in [3.05, 3.63) is 95.6 Å². The van der Waals surface area contributed by atoms with Crippen molar-refractivity contribution in [2.45, 2.75) is 31.4 Å². The van der Waals surface area contributed by atoms with Crippen LogP contribution in [0.2, 0.25) is 0 Å². The first-order valence-corrected chi connectivity index (χ1v) is 13.1. The summed E-state index contributed by atoms with van der Waals surface area (Å²) in [6, 6.07) is 22.0. The van der Waals surface area contributed by atoms with Gasteiger partial charge in [0.05, 0.1) is 10.6 Å². The van der Waals surface area contributed by atoms with Crippen LogP contribution < -0.4 is 14.8 Å². The molecule has 0 aliphatic rings. The third-order valence-corrected chi connectivity index (χ3v) is 7.39. The van der Waals surface area contributed by atoms with E-state index in [0.29, 0.717) is 28.8 Å². The first kappa shape index (κ1) is 25.5. The Kier molecular flexibility index (Phi) is 7.21. The van der Waals surface area contributed by atoms with Gasteiger partial charge in [0.2, 0.25) is 0 Å². The van der Waals surface area contributed by atoms with Gasteiger partial charge in [-0.15, -0.1) is 0 Å². The number of phenols is 1. The number of sulfonamides is 1. The predicted octanol–water partition coefficient (Wildman–Crippen LogP) is 4.80. The minimum Gasteiger partial charge on any atom is -0.507 e. The van der Waals surface area contributed by atoms with Crippen LogP contribution in [-0.2, 0) is 15.7 Å². The van der Waals surface area contributed by atoms with Crippen LogP contribution >= 0.6 is 0 Å². The van der Waals surface area contributed by atoms with Crippen LogP contribution in [0.1, 0.15) is 23.6 Å². The lowest BCUT2D eigenvalue weighted by Gasteiger charge is -2.30. The molecular formula is C28H30N2O5S. The van der Waals surface area contributed by atoms with Crippen LogP contribution in [0.25, 0.3) is 10.8 Å². The number of rotatable bonds is 9. The summed E-state index contributed by atoms with van der Waals surface area (Å²) in [4.78, 5) is 0.132. The molecule has 36 heavy (non-hydrogen) atoms. The highest BCUT2D eigenvalue weighted by molar-refractivity contribution is 7.92. The van der Waals surface area contributed by atoms with Gasteiger partial charge in [-0.25, -0.2) is 8.42 Å². The average molecular weight is 507 g/mol. The Balaban J connectivity index is 1.70. The van der Waals surface area contributed by atoms with Gasteiger partial charge >= 0.3 is 0 Å². The van der Waals surface area contributed by atoms with E-state index in [4.69, 9.17) is 4.74 Å². The van der Waals surface area contributed by atoms with Crippen molar-refractivity contribution >= 4 is 26.5 Å². The molecule has 1 unspecified atom stereocenters. The third-order valence-electron chi connectivity index (χ3n) is 6.01. The van der Waals surface area contributed by atoms with Gasteiger partial charge in [-0.1, -0.05) is 67.1 Å². The van der Waals surface area contributed by atoms with E-state index in [-0.39, 0.29) is 22.8 Å². The highest BCUT2D eigenvalue weighted by Crippen LogP contribution is 2.38. The number of phenolic OH excluding ortho intramolecular Hbond substituents is 1. The van der Waals surface area contributed by atoms with Crippen LogP contribution in [0.5, 0.6) is 11.5 Å². The summed E-state index contributed by atoms with van der Waals surface area (Å²) in [5, 5.41) is 26.6. The van der Waals surface area contributed by atoms with Crippen molar-refractivity contribution < 1.29 is 23.4 Å². The molecule has 188 valence electrons. The third kappa shape index (κ3) is 5.16. The van der Waals surface area contributed by atoms with Crippen LogP contribution in [-0.4, -0.2) is 31.8 Å². The molecule has 7 nitrogen and oxygen atoms in total. The molecule has 0 radical (unpaired) electrons. The minimum atomic E-state index is -3.82. The number of aromatic hydroxyl groups is 1. The SMILES string of the molecule is CCNC(O)(COc1ccc(C)cc1C)c1ccc2c(NS(=O)(=O)c3ccccc3)cccc2c1O. The van der Waals surface area contributed by atoms with E-state index < -0.39 is 15.7 Å². The standard InChI is InChI=1S/C28H30N2O5S/c1-4-29-28(32,18-35-26-16-13-19(2)17-20(26)3)24-15-14-22-23(27(24)31)11-8-12-25(22)30-36(33,34)21-9-6-5-7-10-21/h5-17,29-32H,4,18H2,1-3H3. The van der Waals surface area contributed by atoms with E-state index >= 15 is 0 Å². The van der Waals surface area contributed by atoms with Gasteiger partial charge in [0.15, 0.2) is 5.72 Å². The molecule has 0 aromatic heterocycles. The second kappa shape index (κ2) is 10.2. The van der Waals surface area contributed by atoms with Crippen LogP contribution in [0.4, 0.5) is 5.69 Å². The zero-order chi connectivity index (χ0) is 25.9. The van der Waals surface area contributed by atoms with E-state index in [0.717, 1.165) is 11.1 Å². The first-order chi connectivity index (χ1) is 17.1. The lowest BCUT2D eigenvalue weighted by Crippen LogP contribution is -2.47. The highest BCUT2D eigenvalue weighted by atomic mass is 32.2.